The average molecular weight is 351 g/mol. The molecular weight excluding hydrogens is 326 g/mol. The lowest BCUT2D eigenvalue weighted by Crippen LogP contribution is -2.44. The molecular formula is C18H25NO4S. The van der Waals surface area contributed by atoms with Crippen molar-refractivity contribution in [2.24, 2.45) is 22.4 Å². The molecule has 0 spiro atoms. The zero-order chi connectivity index (χ0) is 17.1. The van der Waals surface area contributed by atoms with Crippen molar-refractivity contribution in [3.05, 3.63) is 29.3 Å². The third-order valence-electron chi connectivity index (χ3n) is 6.86. The molecule has 0 radical (unpaired) electrons. The molecule has 3 aliphatic carbocycles. The fourth-order valence-corrected chi connectivity index (χ4v) is 6.22. The maximum atomic E-state index is 11.1. The highest BCUT2D eigenvalue weighted by Crippen LogP contribution is 2.62. The summed E-state index contributed by atoms with van der Waals surface area (Å²) >= 11 is 0. The molecule has 132 valence electrons. The number of nitrogens with two attached hydrogens (primary N) is 1. The highest BCUT2D eigenvalue weighted by atomic mass is 32.2. The Kier molecular flexibility index (Phi) is 3.71. The molecule has 0 aromatic heterocycles. The minimum Gasteiger partial charge on any atom is -0.393 e. The van der Waals surface area contributed by atoms with Crippen LogP contribution in [0.3, 0.4) is 0 Å². The van der Waals surface area contributed by atoms with Crippen molar-refractivity contribution < 1.29 is 17.7 Å². The Bertz CT molecular complexity index is 762. The van der Waals surface area contributed by atoms with Crippen LogP contribution in [0.5, 0.6) is 5.75 Å². The van der Waals surface area contributed by atoms with E-state index in [0.29, 0.717) is 23.5 Å². The molecule has 3 N–H and O–H groups in total. The lowest BCUT2D eigenvalue weighted by Gasteiger charge is -2.51. The third kappa shape index (κ3) is 2.55. The third-order valence-corrected chi connectivity index (χ3v) is 7.29. The highest BCUT2D eigenvalue weighted by molar-refractivity contribution is 7.84. The summed E-state index contributed by atoms with van der Waals surface area (Å²) in [4.78, 5) is 0. The smallest absolute Gasteiger partial charge is 0.380 e. The van der Waals surface area contributed by atoms with Crippen LogP contribution in [0.2, 0.25) is 0 Å². The molecule has 0 saturated heterocycles. The summed E-state index contributed by atoms with van der Waals surface area (Å²) in [7, 11) is -3.98. The van der Waals surface area contributed by atoms with Crippen LogP contribution >= 0.6 is 0 Å². The van der Waals surface area contributed by atoms with Gasteiger partial charge in [-0.25, -0.2) is 0 Å². The van der Waals surface area contributed by atoms with Gasteiger partial charge in [0.15, 0.2) is 0 Å². The summed E-state index contributed by atoms with van der Waals surface area (Å²) < 4.78 is 27.1. The predicted molar refractivity (Wildman–Crippen MR) is 90.8 cm³/mol. The average Bonchev–Trinajstić information content (AvgIpc) is 2.81. The topological polar surface area (TPSA) is 89.6 Å². The molecule has 3 aliphatic rings. The second-order valence-corrected chi connectivity index (χ2v) is 9.14. The summed E-state index contributed by atoms with van der Waals surface area (Å²) in [6.07, 6.45) is 6.11. The van der Waals surface area contributed by atoms with Crippen molar-refractivity contribution in [1.29, 1.82) is 0 Å². The molecule has 0 amide bonds. The zero-order valence-corrected chi connectivity index (χ0v) is 14.8. The Labute approximate surface area is 143 Å². The van der Waals surface area contributed by atoms with Crippen LogP contribution < -0.4 is 9.32 Å². The molecule has 1 aromatic rings. The van der Waals surface area contributed by atoms with E-state index in [9.17, 15) is 13.5 Å². The molecule has 0 unspecified atom stereocenters. The lowest BCUT2D eigenvalue weighted by atomic mass is 9.53. The van der Waals surface area contributed by atoms with Crippen LogP contribution in [0.4, 0.5) is 0 Å². The zero-order valence-electron chi connectivity index (χ0n) is 13.9. The van der Waals surface area contributed by atoms with Gasteiger partial charge >= 0.3 is 10.3 Å². The van der Waals surface area contributed by atoms with Crippen LogP contribution in [0.15, 0.2) is 18.2 Å². The van der Waals surface area contributed by atoms with Crippen LogP contribution in [0, 0.1) is 17.3 Å². The van der Waals surface area contributed by atoms with E-state index < -0.39 is 10.3 Å². The number of rotatable bonds is 2. The van der Waals surface area contributed by atoms with Gasteiger partial charge in [0.2, 0.25) is 0 Å². The molecule has 5 atom stereocenters. The molecule has 0 heterocycles. The molecule has 0 aliphatic heterocycles. The second-order valence-electron chi connectivity index (χ2n) is 7.98. The minimum absolute atomic E-state index is 0.136. The Balaban J connectivity index is 1.65. The van der Waals surface area contributed by atoms with E-state index in [2.05, 4.69) is 6.92 Å². The maximum Gasteiger partial charge on any atom is 0.380 e. The highest BCUT2D eigenvalue weighted by Gasteiger charge is 2.54. The van der Waals surface area contributed by atoms with Crippen molar-refractivity contribution in [3.8, 4) is 5.75 Å². The number of hydrogen-bond acceptors (Lipinski definition) is 4. The van der Waals surface area contributed by atoms with E-state index >= 15 is 0 Å². The summed E-state index contributed by atoms with van der Waals surface area (Å²) in [5.41, 5.74) is 2.74. The number of benzene rings is 1. The Morgan fingerprint density at radius 2 is 2.00 bits per heavy atom. The van der Waals surface area contributed by atoms with Gasteiger partial charge in [-0.15, -0.1) is 0 Å². The van der Waals surface area contributed by atoms with E-state index in [1.807, 2.05) is 12.1 Å². The van der Waals surface area contributed by atoms with E-state index in [-0.39, 0.29) is 11.5 Å². The van der Waals surface area contributed by atoms with Crippen LogP contribution in [0.1, 0.15) is 56.1 Å². The summed E-state index contributed by atoms with van der Waals surface area (Å²) in [5, 5.41) is 15.3. The molecule has 6 heteroatoms. The second kappa shape index (κ2) is 5.44. The van der Waals surface area contributed by atoms with Gasteiger partial charge < -0.3 is 9.29 Å². The van der Waals surface area contributed by atoms with E-state index in [0.717, 1.165) is 38.5 Å². The van der Waals surface area contributed by atoms with E-state index in [4.69, 9.17) is 9.32 Å². The van der Waals surface area contributed by atoms with E-state index in [1.54, 1.807) is 6.07 Å². The van der Waals surface area contributed by atoms with Crippen molar-refractivity contribution in [3.63, 3.8) is 0 Å². The van der Waals surface area contributed by atoms with Crippen LogP contribution in [-0.2, 0) is 16.7 Å². The lowest BCUT2D eigenvalue weighted by molar-refractivity contribution is -0.00722. The fourth-order valence-electron chi connectivity index (χ4n) is 5.85. The molecule has 2 fully saturated rings. The van der Waals surface area contributed by atoms with Gasteiger partial charge in [-0.2, -0.15) is 13.6 Å². The number of aliphatic hydroxyl groups excluding tert-OH is 1. The number of aryl methyl sites for hydroxylation is 1. The van der Waals surface area contributed by atoms with Gasteiger partial charge in [-0.1, -0.05) is 13.0 Å². The molecule has 1 aromatic carbocycles. The normalized spacial score (nSPS) is 38.1. The predicted octanol–water partition coefficient (Wildman–Crippen LogP) is 2.49. The minimum atomic E-state index is -3.98. The monoisotopic (exact) mass is 351 g/mol. The van der Waals surface area contributed by atoms with Gasteiger partial charge in [-0.3, -0.25) is 0 Å². The van der Waals surface area contributed by atoms with Crippen molar-refractivity contribution in [2.75, 3.05) is 0 Å². The van der Waals surface area contributed by atoms with Crippen LogP contribution in [-0.4, -0.2) is 19.6 Å². The van der Waals surface area contributed by atoms with Crippen molar-refractivity contribution in [1.82, 2.24) is 0 Å². The summed E-state index contributed by atoms with van der Waals surface area (Å²) in [6.45, 7) is 2.37. The standard InChI is InChI=1S/C18H25NO4S/c1-18-9-8-17(20)16(18)7-5-14-13-4-3-12(23-24(19,21)22)10-11(13)2-6-15(14)18/h3-4,10,14-17,20H,2,5-9H2,1H3,(H2,19,21,22)/t14-,15-,16+,17+,18-/m1/s1. The number of fused-ring (bicyclic) bond motifs is 5. The van der Waals surface area contributed by atoms with Gasteiger partial charge in [-0.05, 0) is 85.0 Å². The molecule has 0 bridgehead atoms. The maximum absolute atomic E-state index is 11.1. The first kappa shape index (κ1) is 16.4. The van der Waals surface area contributed by atoms with Gasteiger partial charge in [0, 0.05) is 0 Å². The Morgan fingerprint density at radius 3 is 2.75 bits per heavy atom. The molecule has 2 saturated carbocycles. The quantitative estimate of drug-likeness (QED) is 0.856. The fraction of sp³-hybridized carbons (Fsp3) is 0.667. The van der Waals surface area contributed by atoms with Gasteiger partial charge in [0.25, 0.3) is 0 Å². The first-order chi connectivity index (χ1) is 11.3. The molecule has 4 rings (SSSR count). The van der Waals surface area contributed by atoms with Gasteiger partial charge in [0.1, 0.15) is 5.75 Å². The number of hydrogen-bond donors (Lipinski definition) is 2. The van der Waals surface area contributed by atoms with E-state index in [1.165, 1.54) is 11.1 Å². The molecule has 24 heavy (non-hydrogen) atoms. The van der Waals surface area contributed by atoms with Crippen LogP contribution in [0.25, 0.3) is 0 Å². The first-order valence-electron chi connectivity index (χ1n) is 8.81. The largest absolute Gasteiger partial charge is 0.393 e. The van der Waals surface area contributed by atoms with Crippen molar-refractivity contribution in [2.45, 2.75) is 57.5 Å². The number of aliphatic hydroxyl groups is 1. The first-order valence-corrected chi connectivity index (χ1v) is 10.3. The Morgan fingerprint density at radius 1 is 1.21 bits per heavy atom. The Hall–Kier alpha value is -1.11. The molecule has 5 nitrogen and oxygen atoms in total. The van der Waals surface area contributed by atoms with Gasteiger partial charge in [0.05, 0.1) is 6.10 Å². The van der Waals surface area contributed by atoms with Crippen molar-refractivity contribution >= 4 is 10.3 Å². The summed E-state index contributed by atoms with van der Waals surface area (Å²) in [5.74, 6) is 1.84. The summed E-state index contributed by atoms with van der Waals surface area (Å²) in [6, 6.07) is 5.55. The SMILES string of the molecule is C[C@]12CC[C@H](O)[C@@H]1CC[C@@H]1c3ccc(OS(N)(=O)=O)cc3CC[C@H]12.